The average molecular weight is 290 g/mol. The molecule has 21 heavy (non-hydrogen) atoms. The van der Waals surface area contributed by atoms with Gasteiger partial charge in [0.1, 0.15) is 30.8 Å². The number of aryl methyl sites for hydroxylation is 2. The van der Waals surface area contributed by atoms with Gasteiger partial charge in [0.25, 0.3) is 0 Å². The predicted molar refractivity (Wildman–Crippen MR) is 80.5 cm³/mol. The minimum atomic E-state index is -0.666. The van der Waals surface area contributed by atoms with Gasteiger partial charge in [0.05, 0.1) is 12.9 Å². The monoisotopic (exact) mass is 290 g/mol. The molecule has 4 nitrogen and oxygen atoms in total. The summed E-state index contributed by atoms with van der Waals surface area (Å²) in [6.07, 6.45) is 0.932. The van der Waals surface area contributed by atoms with E-state index in [-0.39, 0.29) is 13.2 Å². The predicted octanol–water partition coefficient (Wildman–Crippen LogP) is 3.16. The van der Waals surface area contributed by atoms with Gasteiger partial charge >= 0.3 is 0 Å². The third-order valence-electron chi connectivity index (χ3n) is 3.33. The third-order valence-corrected chi connectivity index (χ3v) is 3.33. The van der Waals surface area contributed by atoms with Crippen LogP contribution in [0.25, 0.3) is 0 Å². The molecule has 1 unspecified atom stereocenters. The maximum absolute atomic E-state index is 9.89. The number of hydrogen-bond donors (Lipinski definition) is 1. The number of hydrogen-bond acceptors (Lipinski definition) is 4. The number of rotatable bonds is 7. The Hall–Kier alpha value is -1.78. The summed E-state index contributed by atoms with van der Waals surface area (Å²) in [6.45, 7) is 6.88. The van der Waals surface area contributed by atoms with Crippen molar-refractivity contribution >= 4 is 0 Å². The van der Waals surface area contributed by atoms with Crippen LogP contribution in [0, 0.1) is 20.8 Å². The normalized spacial score (nSPS) is 12.4. The molecule has 0 bridgehead atoms. The van der Waals surface area contributed by atoms with Crippen molar-refractivity contribution in [2.45, 2.75) is 33.5 Å². The van der Waals surface area contributed by atoms with Gasteiger partial charge < -0.3 is 19.0 Å². The largest absolute Gasteiger partial charge is 0.491 e. The number of aliphatic hydroxyl groups is 1. The Morgan fingerprint density at radius 2 is 2.00 bits per heavy atom. The SMILES string of the molecule is Cc1cc(C)c(C)c(OCC(O)COCc2ccco2)c1. The van der Waals surface area contributed by atoms with Gasteiger partial charge in [0, 0.05) is 0 Å². The van der Waals surface area contributed by atoms with Crippen molar-refractivity contribution in [3.05, 3.63) is 53.0 Å². The van der Waals surface area contributed by atoms with Gasteiger partial charge in [-0.15, -0.1) is 0 Å². The molecule has 0 aliphatic rings. The smallest absolute Gasteiger partial charge is 0.129 e. The number of aliphatic hydroxyl groups excluding tert-OH is 1. The number of furan rings is 1. The Kier molecular flexibility index (Phi) is 5.42. The molecule has 114 valence electrons. The maximum atomic E-state index is 9.89. The molecule has 0 amide bonds. The standard InChI is InChI=1S/C17H22O4/c1-12-7-13(2)14(3)17(8-12)21-10-15(18)9-19-11-16-5-4-6-20-16/h4-8,15,18H,9-11H2,1-3H3. The van der Waals surface area contributed by atoms with Crippen LogP contribution in [0.2, 0.25) is 0 Å². The first kappa shape index (κ1) is 15.6. The molecule has 1 N–H and O–H groups in total. The molecular formula is C17H22O4. The Bertz CT molecular complexity index is 560. The zero-order chi connectivity index (χ0) is 15.2. The van der Waals surface area contributed by atoms with Crippen molar-refractivity contribution in [3.63, 3.8) is 0 Å². The van der Waals surface area contributed by atoms with Crippen molar-refractivity contribution in [1.82, 2.24) is 0 Å². The topological polar surface area (TPSA) is 51.8 Å². The van der Waals surface area contributed by atoms with Crippen LogP contribution in [0.1, 0.15) is 22.5 Å². The van der Waals surface area contributed by atoms with Gasteiger partial charge in [0.2, 0.25) is 0 Å². The third kappa shape index (κ3) is 4.62. The fourth-order valence-electron chi connectivity index (χ4n) is 2.08. The zero-order valence-electron chi connectivity index (χ0n) is 12.8. The first-order chi connectivity index (χ1) is 10.1. The van der Waals surface area contributed by atoms with Crippen LogP contribution >= 0.6 is 0 Å². The molecule has 0 saturated carbocycles. The molecule has 0 radical (unpaired) electrons. The molecule has 0 saturated heterocycles. The Labute approximate surface area is 125 Å². The molecule has 2 rings (SSSR count). The highest BCUT2D eigenvalue weighted by Gasteiger charge is 2.09. The van der Waals surface area contributed by atoms with Gasteiger partial charge in [-0.25, -0.2) is 0 Å². The summed E-state index contributed by atoms with van der Waals surface area (Å²) in [7, 11) is 0. The molecule has 0 spiro atoms. The van der Waals surface area contributed by atoms with Crippen LogP contribution < -0.4 is 4.74 Å². The summed E-state index contributed by atoms with van der Waals surface area (Å²) in [5.41, 5.74) is 3.44. The summed E-state index contributed by atoms with van der Waals surface area (Å²) in [5, 5.41) is 9.89. The fourth-order valence-corrected chi connectivity index (χ4v) is 2.08. The Morgan fingerprint density at radius 3 is 2.71 bits per heavy atom. The fraction of sp³-hybridized carbons (Fsp3) is 0.412. The molecule has 4 heteroatoms. The highest BCUT2D eigenvalue weighted by Crippen LogP contribution is 2.23. The second-order valence-electron chi connectivity index (χ2n) is 5.26. The van der Waals surface area contributed by atoms with Crippen molar-refractivity contribution in [2.75, 3.05) is 13.2 Å². The van der Waals surface area contributed by atoms with E-state index in [1.54, 1.807) is 12.3 Å². The lowest BCUT2D eigenvalue weighted by atomic mass is 10.1. The molecule has 1 atom stereocenters. The van der Waals surface area contributed by atoms with Crippen molar-refractivity contribution in [1.29, 1.82) is 0 Å². The molecule has 2 aromatic rings. The molecule has 0 fully saturated rings. The quantitative estimate of drug-likeness (QED) is 0.851. The molecule has 0 aliphatic heterocycles. The summed E-state index contributed by atoms with van der Waals surface area (Å²) >= 11 is 0. The molecule has 1 aromatic carbocycles. The van der Waals surface area contributed by atoms with Crippen molar-refractivity contribution in [3.8, 4) is 5.75 Å². The Morgan fingerprint density at radius 1 is 1.19 bits per heavy atom. The molecular weight excluding hydrogens is 268 g/mol. The summed E-state index contributed by atoms with van der Waals surface area (Å²) in [6, 6.07) is 7.74. The van der Waals surface area contributed by atoms with Crippen LogP contribution in [0.3, 0.4) is 0 Å². The second kappa shape index (κ2) is 7.29. The lowest BCUT2D eigenvalue weighted by Gasteiger charge is -2.15. The van der Waals surface area contributed by atoms with E-state index in [9.17, 15) is 5.11 Å². The van der Waals surface area contributed by atoms with Crippen LogP contribution in [0.5, 0.6) is 5.75 Å². The van der Waals surface area contributed by atoms with Gasteiger partial charge in [-0.1, -0.05) is 6.07 Å². The average Bonchev–Trinajstić information content (AvgIpc) is 2.94. The van der Waals surface area contributed by atoms with Gasteiger partial charge in [-0.2, -0.15) is 0 Å². The van der Waals surface area contributed by atoms with E-state index < -0.39 is 6.10 Å². The first-order valence-corrected chi connectivity index (χ1v) is 7.05. The molecule has 1 heterocycles. The van der Waals surface area contributed by atoms with E-state index >= 15 is 0 Å². The van der Waals surface area contributed by atoms with E-state index in [1.807, 2.05) is 26.0 Å². The first-order valence-electron chi connectivity index (χ1n) is 7.05. The van der Waals surface area contributed by atoms with E-state index in [0.717, 1.165) is 22.6 Å². The van der Waals surface area contributed by atoms with Crippen LogP contribution in [-0.2, 0) is 11.3 Å². The van der Waals surface area contributed by atoms with E-state index in [2.05, 4.69) is 13.0 Å². The maximum Gasteiger partial charge on any atom is 0.129 e. The second-order valence-corrected chi connectivity index (χ2v) is 5.26. The lowest BCUT2D eigenvalue weighted by molar-refractivity contribution is 0.000757. The summed E-state index contributed by atoms with van der Waals surface area (Å²) < 4.78 is 16.2. The summed E-state index contributed by atoms with van der Waals surface area (Å²) in [5.74, 6) is 1.56. The highest BCUT2D eigenvalue weighted by atomic mass is 16.5. The van der Waals surface area contributed by atoms with Gasteiger partial charge in [0.15, 0.2) is 0 Å². The number of ether oxygens (including phenoxy) is 2. The van der Waals surface area contributed by atoms with E-state index in [0.29, 0.717) is 6.61 Å². The lowest BCUT2D eigenvalue weighted by Crippen LogP contribution is -2.23. The number of benzene rings is 1. The highest BCUT2D eigenvalue weighted by molar-refractivity contribution is 5.41. The zero-order valence-corrected chi connectivity index (χ0v) is 12.8. The van der Waals surface area contributed by atoms with Crippen LogP contribution in [0.15, 0.2) is 34.9 Å². The van der Waals surface area contributed by atoms with Gasteiger partial charge in [-0.05, 0) is 55.7 Å². The van der Waals surface area contributed by atoms with Crippen molar-refractivity contribution < 1.29 is 19.0 Å². The Balaban J connectivity index is 1.77. The van der Waals surface area contributed by atoms with Crippen LogP contribution in [-0.4, -0.2) is 24.4 Å². The van der Waals surface area contributed by atoms with E-state index in [1.165, 1.54) is 5.56 Å². The minimum absolute atomic E-state index is 0.210. The minimum Gasteiger partial charge on any atom is -0.491 e. The molecule has 1 aromatic heterocycles. The van der Waals surface area contributed by atoms with Crippen molar-refractivity contribution in [2.24, 2.45) is 0 Å². The van der Waals surface area contributed by atoms with Gasteiger partial charge in [-0.3, -0.25) is 0 Å². The summed E-state index contributed by atoms with van der Waals surface area (Å²) in [4.78, 5) is 0. The molecule has 0 aliphatic carbocycles. The van der Waals surface area contributed by atoms with Crippen LogP contribution in [0.4, 0.5) is 0 Å². The van der Waals surface area contributed by atoms with E-state index in [4.69, 9.17) is 13.9 Å².